The first-order chi connectivity index (χ1) is 14.7. The SMILES string of the molecule is COCC(=O)N1CCN(C(C(=O)NCc2ccc3c(c2)OCO3)C2CCCC2)CC1. The molecule has 1 aromatic carbocycles. The van der Waals surface area contributed by atoms with E-state index in [0.717, 1.165) is 29.9 Å². The molecule has 8 nitrogen and oxygen atoms in total. The minimum atomic E-state index is -0.138. The molecular weight excluding hydrogens is 386 g/mol. The summed E-state index contributed by atoms with van der Waals surface area (Å²) >= 11 is 0. The van der Waals surface area contributed by atoms with Crippen molar-refractivity contribution in [3.05, 3.63) is 23.8 Å². The number of rotatable bonds is 7. The van der Waals surface area contributed by atoms with E-state index in [2.05, 4.69) is 10.2 Å². The van der Waals surface area contributed by atoms with Crippen molar-refractivity contribution in [3.63, 3.8) is 0 Å². The summed E-state index contributed by atoms with van der Waals surface area (Å²) in [6.07, 6.45) is 4.54. The Kier molecular flexibility index (Phi) is 6.74. The first-order valence-corrected chi connectivity index (χ1v) is 10.8. The van der Waals surface area contributed by atoms with Crippen LogP contribution in [0.4, 0.5) is 0 Å². The summed E-state index contributed by atoms with van der Waals surface area (Å²) in [7, 11) is 1.54. The van der Waals surface area contributed by atoms with Gasteiger partial charge in [-0.1, -0.05) is 18.9 Å². The van der Waals surface area contributed by atoms with Gasteiger partial charge >= 0.3 is 0 Å². The number of methoxy groups -OCH3 is 1. The molecule has 2 amide bonds. The normalized spacial score (nSPS) is 20.4. The molecule has 0 bridgehead atoms. The van der Waals surface area contributed by atoms with E-state index in [9.17, 15) is 9.59 Å². The lowest BCUT2D eigenvalue weighted by molar-refractivity contribution is -0.138. The van der Waals surface area contributed by atoms with Crippen LogP contribution in [0.15, 0.2) is 18.2 Å². The van der Waals surface area contributed by atoms with Gasteiger partial charge in [0.1, 0.15) is 6.61 Å². The van der Waals surface area contributed by atoms with Gasteiger partial charge in [0.05, 0.1) is 6.04 Å². The van der Waals surface area contributed by atoms with E-state index in [1.54, 1.807) is 0 Å². The van der Waals surface area contributed by atoms with E-state index in [0.29, 0.717) is 38.6 Å². The largest absolute Gasteiger partial charge is 0.454 e. The number of nitrogens with one attached hydrogen (secondary N) is 1. The molecular formula is C22H31N3O5. The maximum atomic E-state index is 13.2. The van der Waals surface area contributed by atoms with Crippen LogP contribution < -0.4 is 14.8 Å². The van der Waals surface area contributed by atoms with Crippen LogP contribution in [0.3, 0.4) is 0 Å². The first-order valence-electron chi connectivity index (χ1n) is 10.8. The van der Waals surface area contributed by atoms with Crippen molar-refractivity contribution >= 4 is 11.8 Å². The Morgan fingerprint density at radius 3 is 2.60 bits per heavy atom. The predicted octanol–water partition coefficient (Wildman–Crippen LogP) is 1.38. The van der Waals surface area contributed by atoms with Gasteiger partial charge in [-0.3, -0.25) is 14.5 Å². The molecule has 1 saturated heterocycles. The number of benzene rings is 1. The zero-order valence-corrected chi connectivity index (χ0v) is 17.6. The summed E-state index contributed by atoms with van der Waals surface area (Å²) < 4.78 is 15.8. The Hall–Kier alpha value is -2.32. The standard InChI is InChI=1S/C22H31N3O5/c1-28-14-20(26)24-8-10-25(11-9-24)21(17-4-2-3-5-17)22(27)23-13-16-6-7-18-19(12-16)30-15-29-18/h6-7,12,17,21H,2-5,8-11,13-15H2,1H3,(H,23,27). The highest BCUT2D eigenvalue weighted by molar-refractivity contribution is 5.82. The smallest absolute Gasteiger partial charge is 0.248 e. The average Bonchev–Trinajstić information content (AvgIpc) is 3.45. The van der Waals surface area contributed by atoms with Crippen LogP contribution in [0.25, 0.3) is 0 Å². The van der Waals surface area contributed by atoms with E-state index in [4.69, 9.17) is 14.2 Å². The zero-order chi connectivity index (χ0) is 20.9. The lowest BCUT2D eigenvalue weighted by Gasteiger charge is -2.40. The Morgan fingerprint density at radius 1 is 1.13 bits per heavy atom. The van der Waals surface area contributed by atoms with Crippen molar-refractivity contribution in [3.8, 4) is 11.5 Å². The summed E-state index contributed by atoms with van der Waals surface area (Å²) in [6.45, 7) is 3.53. The van der Waals surface area contributed by atoms with Gasteiger partial charge in [0.15, 0.2) is 11.5 Å². The molecule has 30 heavy (non-hydrogen) atoms. The highest BCUT2D eigenvalue weighted by Gasteiger charge is 2.37. The molecule has 1 saturated carbocycles. The molecule has 1 atom stereocenters. The van der Waals surface area contributed by atoms with Crippen molar-refractivity contribution in [1.82, 2.24) is 15.1 Å². The molecule has 3 aliphatic rings. The molecule has 8 heteroatoms. The maximum Gasteiger partial charge on any atom is 0.248 e. The summed E-state index contributed by atoms with van der Waals surface area (Å²) in [5.41, 5.74) is 0.993. The first kappa shape index (κ1) is 20.9. The van der Waals surface area contributed by atoms with Crippen LogP contribution >= 0.6 is 0 Å². The maximum absolute atomic E-state index is 13.2. The number of carbonyl (C=O) groups excluding carboxylic acids is 2. The van der Waals surface area contributed by atoms with E-state index in [1.165, 1.54) is 20.0 Å². The zero-order valence-electron chi connectivity index (χ0n) is 17.6. The summed E-state index contributed by atoms with van der Waals surface area (Å²) in [6, 6.07) is 5.63. The monoisotopic (exact) mass is 417 g/mol. The number of carbonyl (C=O) groups is 2. The van der Waals surface area contributed by atoms with Crippen molar-refractivity contribution in [2.75, 3.05) is 46.7 Å². The summed E-state index contributed by atoms with van der Waals surface area (Å²) in [5.74, 6) is 1.95. The highest BCUT2D eigenvalue weighted by atomic mass is 16.7. The third kappa shape index (κ3) is 4.70. The Balaban J connectivity index is 1.37. The van der Waals surface area contributed by atoms with E-state index in [1.807, 2.05) is 23.1 Å². The third-order valence-corrected chi connectivity index (χ3v) is 6.35. The molecule has 2 aliphatic heterocycles. The summed E-state index contributed by atoms with van der Waals surface area (Å²) in [4.78, 5) is 29.4. The molecule has 0 aromatic heterocycles. The Morgan fingerprint density at radius 2 is 1.87 bits per heavy atom. The topological polar surface area (TPSA) is 80.3 Å². The molecule has 0 spiro atoms. The second-order valence-corrected chi connectivity index (χ2v) is 8.24. The molecule has 2 fully saturated rings. The predicted molar refractivity (Wildman–Crippen MR) is 110 cm³/mol. The Labute approximate surface area is 177 Å². The number of hydrogen-bond acceptors (Lipinski definition) is 6. The van der Waals surface area contributed by atoms with E-state index in [-0.39, 0.29) is 31.3 Å². The van der Waals surface area contributed by atoms with Crippen molar-refractivity contribution in [2.24, 2.45) is 5.92 Å². The van der Waals surface area contributed by atoms with Crippen molar-refractivity contribution < 1.29 is 23.8 Å². The molecule has 1 N–H and O–H groups in total. The molecule has 4 rings (SSSR count). The number of hydrogen-bond donors (Lipinski definition) is 1. The minimum Gasteiger partial charge on any atom is -0.454 e. The lowest BCUT2D eigenvalue weighted by atomic mass is 9.95. The third-order valence-electron chi connectivity index (χ3n) is 6.35. The average molecular weight is 418 g/mol. The van der Waals surface area contributed by atoms with Crippen molar-refractivity contribution in [2.45, 2.75) is 38.3 Å². The van der Waals surface area contributed by atoms with Crippen LogP contribution in [0.5, 0.6) is 11.5 Å². The second kappa shape index (κ2) is 9.66. The fourth-order valence-electron chi connectivity index (χ4n) is 4.76. The van der Waals surface area contributed by atoms with Gasteiger partial charge in [-0.2, -0.15) is 0 Å². The number of ether oxygens (including phenoxy) is 3. The number of piperazine rings is 1. The molecule has 1 unspecified atom stereocenters. The van der Waals surface area contributed by atoms with Gasteiger partial charge in [0, 0.05) is 39.8 Å². The van der Waals surface area contributed by atoms with Gasteiger partial charge < -0.3 is 24.4 Å². The molecule has 164 valence electrons. The van der Waals surface area contributed by atoms with Gasteiger partial charge in [0.2, 0.25) is 18.6 Å². The fourth-order valence-corrected chi connectivity index (χ4v) is 4.76. The van der Waals surface area contributed by atoms with Crippen LogP contribution in [0.1, 0.15) is 31.2 Å². The van der Waals surface area contributed by atoms with Crippen LogP contribution in [0.2, 0.25) is 0 Å². The quantitative estimate of drug-likeness (QED) is 0.722. The molecule has 1 aliphatic carbocycles. The van der Waals surface area contributed by atoms with Crippen LogP contribution in [0, 0.1) is 5.92 Å². The van der Waals surface area contributed by atoms with E-state index < -0.39 is 0 Å². The number of amides is 2. The Bertz CT molecular complexity index is 757. The molecule has 2 heterocycles. The van der Waals surface area contributed by atoms with Crippen molar-refractivity contribution in [1.29, 1.82) is 0 Å². The number of nitrogens with zero attached hydrogens (tertiary/aromatic N) is 2. The molecule has 0 radical (unpaired) electrons. The van der Waals surface area contributed by atoms with E-state index >= 15 is 0 Å². The highest BCUT2D eigenvalue weighted by Crippen LogP contribution is 2.33. The summed E-state index contributed by atoms with van der Waals surface area (Å²) in [5, 5.41) is 3.14. The van der Waals surface area contributed by atoms with Crippen LogP contribution in [-0.4, -0.2) is 74.3 Å². The fraction of sp³-hybridized carbons (Fsp3) is 0.636. The van der Waals surface area contributed by atoms with Gasteiger partial charge in [-0.25, -0.2) is 0 Å². The minimum absolute atomic E-state index is 0.0156. The lowest BCUT2D eigenvalue weighted by Crippen LogP contribution is -2.58. The van der Waals surface area contributed by atoms with Crippen LogP contribution in [-0.2, 0) is 20.9 Å². The van der Waals surface area contributed by atoms with Gasteiger partial charge in [-0.15, -0.1) is 0 Å². The molecule has 1 aromatic rings. The number of fused-ring (bicyclic) bond motifs is 1. The second-order valence-electron chi connectivity index (χ2n) is 8.24. The van der Waals surface area contributed by atoms with Gasteiger partial charge in [-0.05, 0) is 36.5 Å². The van der Waals surface area contributed by atoms with Gasteiger partial charge in [0.25, 0.3) is 0 Å².